The summed E-state index contributed by atoms with van der Waals surface area (Å²) in [5, 5.41) is 5.62. The average molecular weight is 381 g/mol. The molecule has 0 fully saturated rings. The summed E-state index contributed by atoms with van der Waals surface area (Å²) >= 11 is 3.22. The molecule has 2 aromatic heterocycles. The first-order chi connectivity index (χ1) is 12.8. The molecule has 0 bridgehead atoms. The van der Waals surface area contributed by atoms with Crippen LogP contribution in [0.1, 0.15) is 0 Å². The van der Waals surface area contributed by atoms with Crippen LogP contribution in [0.3, 0.4) is 0 Å². The van der Waals surface area contributed by atoms with Crippen LogP contribution < -0.4 is 10.1 Å². The number of rotatable bonds is 4. The van der Waals surface area contributed by atoms with E-state index < -0.39 is 0 Å². The molecule has 0 radical (unpaired) electrons. The number of carbonyl (C=O) groups is 1. The lowest BCUT2D eigenvalue weighted by molar-refractivity contribution is -0.112. The summed E-state index contributed by atoms with van der Waals surface area (Å²) < 4.78 is 5.75. The molecule has 0 unspecified atom stereocenters. The van der Waals surface area contributed by atoms with Crippen molar-refractivity contribution in [2.24, 2.45) is 0 Å². The van der Waals surface area contributed by atoms with Crippen molar-refractivity contribution in [3.8, 4) is 11.6 Å². The molecule has 0 saturated carbocycles. The Hall–Kier alpha value is -2.51. The Labute approximate surface area is 159 Å². The van der Waals surface area contributed by atoms with E-state index in [1.165, 1.54) is 0 Å². The van der Waals surface area contributed by atoms with E-state index in [1.54, 1.807) is 35.7 Å². The van der Waals surface area contributed by atoms with Crippen molar-refractivity contribution >= 4 is 46.3 Å². The molecule has 1 aliphatic heterocycles. The van der Waals surface area contributed by atoms with Crippen LogP contribution in [-0.2, 0) is 4.79 Å². The van der Waals surface area contributed by atoms with Gasteiger partial charge in [-0.15, -0.1) is 23.5 Å². The monoisotopic (exact) mass is 381 g/mol. The van der Waals surface area contributed by atoms with E-state index in [9.17, 15) is 4.79 Å². The minimum atomic E-state index is -0.134. The Bertz CT molecular complexity index is 977. The summed E-state index contributed by atoms with van der Waals surface area (Å²) in [6.45, 7) is 0. The summed E-state index contributed by atoms with van der Waals surface area (Å²) in [6.07, 6.45) is 0. The normalized spacial score (nSPS) is 13.9. The third-order valence-electron chi connectivity index (χ3n) is 3.61. The highest BCUT2D eigenvalue weighted by Gasteiger charge is 2.14. The third kappa shape index (κ3) is 4.00. The van der Waals surface area contributed by atoms with E-state index >= 15 is 0 Å². The fourth-order valence-corrected chi connectivity index (χ4v) is 4.36. The molecule has 1 aromatic carbocycles. The van der Waals surface area contributed by atoms with Crippen LogP contribution in [0.2, 0.25) is 0 Å². The Kier molecular flexibility index (Phi) is 5.08. The summed E-state index contributed by atoms with van der Waals surface area (Å²) in [6, 6.07) is 16.8. The van der Waals surface area contributed by atoms with Gasteiger partial charge in [0.05, 0.1) is 4.91 Å². The molecule has 0 aliphatic carbocycles. The van der Waals surface area contributed by atoms with Gasteiger partial charge >= 0.3 is 0 Å². The number of hydrogen-bond donors (Lipinski definition) is 1. The van der Waals surface area contributed by atoms with Crippen LogP contribution in [0.25, 0.3) is 11.0 Å². The number of carbonyl (C=O) groups excluding carboxylic acids is 1. The highest BCUT2D eigenvalue weighted by atomic mass is 32.2. The number of aromatic nitrogens is 2. The number of benzene rings is 1. The van der Waals surface area contributed by atoms with E-state index in [4.69, 9.17) is 4.74 Å². The van der Waals surface area contributed by atoms with Gasteiger partial charge < -0.3 is 10.1 Å². The molecule has 0 saturated heterocycles. The van der Waals surface area contributed by atoms with Gasteiger partial charge in [0.2, 0.25) is 5.88 Å². The highest BCUT2D eigenvalue weighted by Crippen LogP contribution is 2.28. The zero-order chi connectivity index (χ0) is 17.8. The third-order valence-corrected chi connectivity index (χ3v) is 5.88. The van der Waals surface area contributed by atoms with Gasteiger partial charge in [-0.25, -0.2) is 4.98 Å². The lowest BCUT2D eigenvalue weighted by atomic mass is 10.3. The predicted octanol–water partition coefficient (Wildman–Crippen LogP) is 4.68. The molecule has 7 heteroatoms. The lowest BCUT2D eigenvalue weighted by Gasteiger charge is -2.11. The van der Waals surface area contributed by atoms with Crippen LogP contribution in [0, 0.1) is 0 Å². The smallest absolute Gasteiger partial charge is 0.263 e. The second kappa shape index (κ2) is 7.80. The van der Waals surface area contributed by atoms with Crippen LogP contribution in [0.4, 0.5) is 5.82 Å². The molecule has 0 atom stereocenters. The average Bonchev–Trinajstić information content (AvgIpc) is 2.69. The minimum absolute atomic E-state index is 0.134. The zero-order valence-corrected chi connectivity index (χ0v) is 15.3. The molecule has 0 spiro atoms. The van der Waals surface area contributed by atoms with E-state index in [2.05, 4.69) is 15.3 Å². The maximum Gasteiger partial charge on any atom is 0.263 e. The lowest BCUT2D eigenvalue weighted by Crippen LogP contribution is -2.15. The second-order valence-electron chi connectivity index (χ2n) is 5.46. The summed E-state index contributed by atoms with van der Waals surface area (Å²) in [5.41, 5.74) is 0.524. The number of anilines is 1. The molecular formula is C19H15N3O2S2. The number of ether oxygens (including phenoxy) is 1. The van der Waals surface area contributed by atoms with Crippen molar-refractivity contribution in [2.45, 2.75) is 0 Å². The molecular weight excluding hydrogens is 366 g/mol. The Morgan fingerprint density at radius 3 is 2.65 bits per heavy atom. The summed E-state index contributed by atoms with van der Waals surface area (Å²) in [4.78, 5) is 21.9. The van der Waals surface area contributed by atoms with Crippen LogP contribution >= 0.6 is 23.5 Å². The van der Waals surface area contributed by atoms with Crippen molar-refractivity contribution in [1.82, 2.24) is 9.97 Å². The van der Waals surface area contributed by atoms with Gasteiger partial charge in [-0.05, 0) is 35.7 Å². The Morgan fingerprint density at radius 2 is 1.85 bits per heavy atom. The quantitative estimate of drug-likeness (QED) is 0.708. The van der Waals surface area contributed by atoms with Crippen LogP contribution in [-0.4, -0.2) is 27.4 Å². The first kappa shape index (κ1) is 16.9. The van der Waals surface area contributed by atoms with Gasteiger partial charge in [0.1, 0.15) is 11.6 Å². The minimum Gasteiger partial charge on any atom is -0.439 e. The number of hydrogen-bond acceptors (Lipinski definition) is 6. The summed E-state index contributed by atoms with van der Waals surface area (Å²) in [5.74, 6) is 3.49. The van der Waals surface area contributed by atoms with Crippen molar-refractivity contribution in [2.75, 3.05) is 16.8 Å². The van der Waals surface area contributed by atoms with E-state index in [0.717, 1.165) is 21.8 Å². The number of thioether (sulfide) groups is 2. The number of para-hydroxylation sites is 1. The van der Waals surface area contributed by atoms with Gasteiger partial charge in [0.15, 0.2) is 5.65 Å². The molecule has 4 rings (SSSR count). The highest BCUT2D eigenvalue weighted by molar-refractivity contribution is 8.10. The summed E-state index contributed by atoms with van der Waals surface area (Å²) in [7, 11) is 0. The maximum atomic E-state index is 12.3. The van der Waals surface area contributed by atoms with Gasteiger partial charge in [-0.2, -0.15) is 4.98 Å². The number of nitrogens with one attached hydrogen (secondary N) is 1. The predicted molar refractivity (Wildman–Crippen MR) is 108 cm³/mol. The fourth-order valence-electron chi connectivity index (χ4n) is 2.38. The number of amides is 1. The molecule has 5 nitrogen and oxygen atoms in total. The van der Waals surface area contributed by atoms with Crippen molar-refractivity contribution < 1.29 is 9.53 Å². The molecule has 26 heavy (non-hydrogen) atoms. The zero-order valence-electron chi connectivity index (χ0n) is 13.7. The molecule has 130 valence electrons. The van der Waals surface area contributed by atoms with Crippen LogP contribution in [0.5, 0.6) is 11.6 Å². The topological polar surface area (TPSA) is 64.1 Å². The first-order valence-electron chi connectivity index (χ1n) is 8.04. The van der Waals surface area contributed by atoms with Crippen molar-refractivity contribution in [3.63, 3.8) is 0 Å². The fraction of sp³-hybridized carbons (Fsp3) is 0.105. The van der Waals surface area contributed by atoms with E-state index in [1.807, 2.05) is 47.9 Å². The Morgan fingerprint density at radius 1 is 1.00 bits per heavy atom. The standard InChI is InChI=1S/C19H15N3O2S2/c23-19(15-12-25-10-11-26-15)21-16-8-6-13-7-9-17(22-18(13)20-16)24-14-4-2-1-3-5-14/h1-9,12H,10-11H2,(H,20,21,22,23). The van der Waals surface area contributed by atoms with Crippen molar-refractivity contribution in [1.29, 1.82) is 0 Å². The molecule has 1 amide bonds. The number of nitrogens with zero attached hydrogens (tertiary/aromatic N) is 2. The SMILES string of the molecule is O=C(Nc1ccc2ccc(Oc3ccccc3)nc2n1)C1=CSCCS1. The largest absolute Gasteiger partial charge is 0.439 e. The molecule has 3 heterocycles. The van der Waals surface area contributed by atoms with E-state index in [-0.39, 0.29) is 5.91 Å². The van der Waals surface area contributed by atoms with Crippen molar-refractivity contribution in [3.05, 3.63) is 64.9 Å². The number of pyridine rings is 2. The first-order valence-corrected chi connectivity index (χ1v) is 10.1. The van der Waals surface area contributed by atoms with Gasteiger partial charge in [0.25, 0.3) is 5.91 Å². The Balaban J connectivity index is 1.55. The van der Waals surface area contributed by atoms with E-state index in [0.29, 0.717) is 23.1 Å². The molecule has 3 aromatic rings. The van der Waals surface area contributed by atoms with Crippen LogP contribution in [0.15, 0.2) is 64.9 Å². The molecule has 1 aliphatic rings. The van der Waals surface area contributed by atoms with Gasteiger partial charge in [0, 0.05) is 23.0 Å². The maximum absolute atomic E-state index is 12.3. The van der Waals surface area contributed by atoms with Gasteiger partial charge in [-0.1, -0.05) is 18.2 Å². The number of fused-ring (bicyclic) bond motifs is 1. The van der Waals surface area contributed by atoms with Gasteiger partial charge in [-0.3, -0.25) is 4.79 Å². The second-order valence-corrected chi connectivity index (χ2v) is 7.58. The molecule has 1 N–H and O–H groups in total.